The minimum atomic E-state index is -0.181. The van der Waals surface area contributed by atoms with E-state index in [1.807, 2.05) is 0 Å². The number of ketones is 1. The van der Waals surface area contributed by atoms with Gasteiger partial charge in [-0.3, -0.25) is 4.79 Å². The SMILES string of the molecule is C/C(=N/N)C(=O)c1ccc(Cl)cc1. The predicted octanol–water partition coefficient (Wildman–Crippen LogP) is 1.86. The third-order valence-electron chi connectivity index (χ3n) is 1.63. The number of benzene rings is 1. The molecule has 13 heavy (non-hydrogen) atoms. The van der Waals surface area contributed by atoms with E-state index < -0.39 is 0 Å². The van der Waals surface area contributed by atoms with E-state index in [4.69, 9.17) is 17.4 Å². The predicted molar refractivity (Wildman–Crippen MR) is 53.1 cm³/mol. The molecular weight excluding hydrogens is 188 g/mol. The van der Waals surface area contributed by atoms with Crippen molar-refractivity contribution in [3.63, 3.8) is 0 Å². The van der Waals surface area contributed by atoms with Crippen molar-refractivity contribution in [3.8, 4) is 0 Å². The molecule has 0 heterocycles. The highest BCUT2D eigenvalue weighted by Crippen LogP contribution is 2.10. The molecule has 1 aromatic rings. The van der Waals surface area contributed by atoms with Gasteiger partial charge in [-0.1, -0.05) is 11.6 Å². The topological polar surface area (TPSA) is 55.4 Å². The highest BCUT2D eigenvalue weighted by molar-refractivity contribution is 6.45. The number of halogens is 1. The zero-order valence-corrected chi connectivity index (χ0v) is 7.88. The highest BCUT2D eigenvalue weighted by Gasteiger charge is 2.08. The van der Waals surface area contributed by atoms with Gasteiger partial charge in [-0.25, -0.2) is 0 Å². The molecule has 0 spiro atoms. The second-order valence-electron chi connectivity index (χ2n) is 2.55. The maximum Gasteiger partial charge on any atom is 0.208 e. The van der Waals surface area contributed by atoms with Crippen LogP contribution in [0.25, 0.3) is 0 Å². The number of nitrogens with two attached hydrogens (primary N) is 1. The number of carbonyl (C=O) groups excluding carboxylic acids is 1. The molecule has 0 unspecified atom stereocenters. The van der Waals surface area contributed by atoms with Gasteiger partial charge in [0, 0.05) is 10.6 Å². The van der Waals surface area contributed by atoms with Gasteiger partial charge in [-0.05, 0) is 31.2 Å². The first-order chi connectivity index (χ1) is 6.15. The Hall–Kier alpha value is -1.35. The van der Waals surface area contributed by atoms with Crippen molar-refractivity contribution in [3.05, 3.63) is 34.9 Å². The first kappa shape index (κ1) is 9.74. The fourth-order valence-electron chi connectivity index (χ4n) is 0.869. The molecule has 2 N–H and O–H groups in total. The highest BCUT2D eigenvalue weighted by atomic mass is 35.5. The number of Topliss-reactive ketones (excluding diaryl/α,β-unsaturated/α-hetero) is 1. The molecule has 0 aliphatic heterocycles. The zero-order valence-electron chi connectivity index (χ0n) is 7.12. The van der Waals surface area contributed by atoms with Crippen LogP contribution in [0.15, 0.2) is 29.4 Å². The van der Waals surface area contributed by atoms with Gasteiger partial charge in [0.15, 0.2) is 0 Å². The third-order valence-corrected chi connectivity index (χ3v) is 1.88. The zero-order chi connectivity index (χ0) is 9.84. The maximum atomic E-state index is 11.4. The Morgan fingerprint density at radius 1 is 1.38 bits per heavy atom. The standard InChI is InChI=1S/C9H9ClN2O/c1-6(12-11)9(13)7-2-4-8(10)5-3-7/h2-5H,11H2,1H3/b12-6-. The number of rotatable bonds is 2. The Balaban J connectivity index is 2.97. The lowest BCUT2D eigenvalue weighted by Gasteiger charge is -1.98. The van der Waals surface area contributed by atoms with E-state index in [-0.39, 0.29) is 11.5 Å². The van der Waals surface area contributed by atoms with E-state index in [2.05, 4.69) is 5.10 Å². The molecule has 4 heteroatoms. The van der Waals surface area contributed by atoms with E-state index in [0.29, 0.717) is 10.6 Å². The fourth-order valence-corrected chi connectivity index (χ4v) is 0.995. The molecule has 0 aliphatic carbocycles. The first-order valence-corrected chi connectivity index (χ1v) is 4.07. The minimum absolute atomic E-state index is 0.181. The summed E-state index contributed by atoms with van der Waals surface area (Å²) in [6, 6.07) is 6.58. The van der Waals surface area contributed by atoms with Gasteiger partial charge < -0.3 is 5.84 Å². The van der Waals surface area contributed by atoms with Crippen LogP contribution in [0.4, 0.5) is 0 Å². The van der Waals surface area contributed by atoms with E-state index in [0.717, 1.165) is 0 Å². The monoisotopic (exact) mass is 196 g/mol. The van der Waals surface area contributed by atoms with Crippen LogP contribution in [-0.2, 0) is 0 Å². The van der Waals surface area contributed by atoms with Gasteiger partial charge in [-0.15, -0.1) is 0 Å². The van der Waals surface area contributed by atoms with Gasteiger partial charge in [0.25, 0.3) is 0 Å². The van der Waals surface area contributed by atoms with Crippen molar-refractivity contribution in [2.45, 2.75) is 6.92 Å². The summed E-state index contributed by atoms with van der Waals surface area (Å²) in [5.74, 6) is 4.80. The lowest BCUT2D eigenvalue weighted by atomic mass is 10.1. The third kappa shape index (κ3) is 2.29. The average molecular weight is 197 g/mol. The Morgan fingerprint density at radius 3 is 2.38 bits per heavy atom. The summed E-state index contributed by atoms with van der Waals surface area (Å²) in [5.41, 5.74) is 0.818. The summed E-state index contributed by atoms with van der Waals surface area (Å²) in [7, 11) is 0. The lowest BCUT2D eigenvalue weighted by Crippen LogP contribution is -2.12. The van der Waals surface area contributed by atoms with Crippen LogP contribution >= 0.6 is 11.6 Å². The first-order valence-electron chi connectivity index (χ1n) is 3.70. The van der Waals surface area contributed by atoms with Crippen LogP contribution in [-0.4, -0.2) is 11.5 Å². The summed E-state index contributed by atoms with van der Waals surface area (Å²) in [5, 5.41) is 3.92. The van der Waals surface area contributed by atoms with Crippen molar-refractivity contribution in [1.29, 1.82) is 0 Å². The van der Waals surface area contributed by atoms with E-state index in [1.165, 1.54) is 0 Å². The van der Waals surface area contributed by atoms with E-state index in [9.17, 15) is 4.79 Å². The van der Waals surface area contributed by atoms with E-state index >= 15 is 0 Å². The Labute approximate surface area is 81.2 Å². The molecule has 1 rings (SSSR count). The largest absolute Gasteiger partial charge is 0.323 e. The maximum absolute atomic E-state index is 11.4. The molecule has 1 aromatic carbocycles. The minimum Gasteiger partial charge on any atom is -0.323 e. The molecule has 3 nitrogen and oxygen atoms in total. The average Bonchev–Trinajstić information content (AvgIpc) is 2.17. The van der Waals surface area contributed by atoms with Crippen molar-refractivity contribution in [2.24, 2.45) is 10.9 Å². The van der Waals surface area contributed by atoms with Gasteiger partial charge in [0.1, 0.15) is 5.71 Å². The summed E-state index contributed by atoms with van der Waals surface area (Å²) < 4.78 is 0. The summed E-state index contributed by atoms with van der Waals surface area (Å²) in [6.45, 7) is 1.57. The molecule has 0 amide bonds. The Morgan fingerprint density at radius 2 is 1.92 bits per heavy atom. The molecule has 0 aliphatic rings. The molecule has 0 radical (unpaired) electrons. The van der Waals surface area contributed by atoms with Crippen LogP contribution < -0.4 is 5.84 Å². The molecule has 0 bridgehead atoms. The summed E-state index contributed by atoms with van der Waals surface area (Å²) in [6.07, 6.45) is 0. The molecule has 0 atom stereocenters. The Kier molecular flexibility index (Phi) is 3.03. The summed E-state index contributed by atoms with van der Waals surface area (Å²) >= 11 is 5.66. The number of carbonyl (C=O) groups is 1. The normalized spacial score (nSPS) is 11.4. The Bertz CT molecular complexity index is 343. The van der Waals surface area contributed by atoms with Crippen LogP contribution in [0.3, 0.4) is 0 Å². The van der Waals surface area contributed by atoms with Gasteiger partial charge >= 0.3 is 0 Å². The van der Waals surface area contributed by atoms with Crippen molar-refractivity contribution in [1.82, 2.24) is 0 Å². The number of hydrazone groups is 1. The number of nitrogens with zero attached hydrogens (tertiary/aromatic N) is 1. The smallest absolute Gasteiger partial charge is 0.208 e. The van der Waals surface area contributed by atoms with Crippen molar-refractivity contribution in [2.75, 3.05) is 0 Å². The molecular formula is C9H9ClN2O. The lowest BCUT2D eigenvalue weighted by molar-refractivity contribution is 0.106. The van der Waals surface area contributed by atoms with Crippen molar-refractivity contribution >= 4 is 23.1 Å². The molecule has 0 aromatic heterocycles. The second-order valence-corrected chi connectivity index (χ2v) is 2.99. The molecule has 68 valence electrons. The summed E-state index contributed by atoms with van der Waals surface area (Å²) in [4.78, 5) is 11.4. The molecule has 0 saturated heterocycles. The van der Waals surface area contributed by atoms with Crippen LogP contribution in [0.2, 0.25) is 5.02 Å². The quantitative estimate of drug-likeness (QED) is 0.340. The fraction of sp³-hybridized carbons (Fsp3) is 0.111. The van der Waals surface area contributed by atoms with Crippen LogP contribution in [0.5, 0.6) is 0 Å². The van der Waals surface area contributed by atoms with E-state index in [1.54, 1.807) is 31.2 Å². The second kappa shape index (κ2) is 4.05. The number of hydrogen-bond acceptors (Lipinski definition) is 3. The van der Waals surface area contributed by atoms with Crippen LogP contribution in [0.1, 0.15) is 17.3 Å². The van der Waals surface area contributed by atoms with Gasteiger partial charge in [-0.2, -0.15) is 5.10 Å². The molecule has 0 saturated carbocycles. The van der Waals surface area contributed by atoms with Crippen LogP contribution in [0, 0.1) is 0 Å². The van der Waals surface area contributed by atoms with Crippen molar-refractivity contribution < 1.29 is 4.79 Å². The number of hydrogen-bond donors (Lipinski definition) is 1. The van der Waals surface area contributed by atoms with Gasteiger partial charge in [0.2, 0.25) is 5.78 Å². The van der Waals surface area contributed by atoms with Gasteiger partial charge in [0.05, 0.1) is 0 Å². The molecule has 0 fully saturated rings.